The number of para-hydroxylation sites is 1. The fourth-order valence-corrected chi connectivity index (χ4v) is 3.81. The molecule has 1 aromatic carbocycles. The Kier molecular flexibility index (Phi) is 3.30. The van der Waals surface area contributed by atoms with Gasteiger partial charge in [-0.3, -0.25) is 4.79 Å². The molecular formula is C17H20N6O. The summed E-state index contributed by atoms with van der Waals surface area (Å²) in [4.78, 5) is 23.2. The summed E-state index contributed by atoms with van der Waals surface area (Å²) in [5.41, 5.74) is 8.34. The summed E-state index contributed by atoms with van der Waals surface area (Å²) in [5, 5.41) is 6.00. The van der Waals surface area contributed by atoms with Crippen molar-refractivity contribution in [2.24, 2.45) is 0 Å². The lowest BCUT2D eigenvalue weighted by Gasteiger charge is -2.38. The number of nitrogens with zero attached hydrogens (tertiary/aromatic N) is 3. The van der Waals surface area contributed by atoms with Gasteiger partial charge in [-0.05, 0) is 24.5 Å². The van der Waals surface area contributed by atoms with Gasteiger partial charge >= 0.3 is 0 Å². The molecule has 0 atom stereocenters. The van der Waals surface area contributed by atoms with Gasteiger partial charge < -0.3 is 21.3 Å². The number of nitrogen functional groups attached to an aromatic ring is 1. The van der Waals surface area contributed by atoms with Gasteiger partial charge in [-0.2, -0.15) is 0 Å². The number of carbonyl (C=O) groups is 1. The van der Waals surface area contributed by atoms with Crippen LogP contribution in [0, 0.1) is 0 Å². The van der Waals surface area contributed by atoms with Crippen LogP contribution in [0.5, 0.6) is 0 Å². The molecule has 2 aliphatic rings. The van der Waals surface area contributed by atoms with E-state index in [4.69, 9.17) is 5.73 Å². The van der Waals surface area contributed by atoms with Gasteiger partial charge in [0.2, 0.25) is 5.91 Å². The van der Waals surface area contributed by atoms with E-state index in [9.17, 15) is 4.79 Å². The van der Waals surface area contributed by atoms with E-state index in [1.54, 1.807) is 7.05 Å². The summed E-state index contributed by atoms with van der Waals surface area (Å²) >= 11 is 0. The first-order valence-corrected chi connectivity index (χ1v) is 8.10. The van der Waals surface area contributed by atoms with Crippen molar-refractivity contribution in [2.45, 2.75) is 18.3 Å². The van der Waals surface area contributed by atoms with Crippen LogP contribution < -0.4 is 21.3 Å². The molecular weight excluding hydrogens is 304 g/mol. The molecule has 7 heteroatoms. The second-order valence-electron chi connectivity index (χ2n) is 6.28. The van der Waals surface area contributed by atoms with E-state index in [-0.39, 0.29) is 5.91 Å². The number of benzene rings is 1. The molecule has 3 heterocycles. The van der Waals surface area contributed by atoms with Gasteiger partial charge in [0.15, 0.2) is 11.6 Å². The molecule has 1 saturated heterocycles. The highest BCUT2D eigenvalue weighted by molar-refractivity contribution is 6.06. The van der Waals surface area contributed by atoms with Crippen LogP contribution >= 0.6 is 0 Å². The summed E-state index contributed by atoms with van der Waals surface area (Å²) < 4.78 is 0. The Morgan fingerprint density at radius 1 is 1.25 bits per heavy atom. The van der Waals surface area contributed by atoms with Crippen molar-refractivity contribution < 1.29 is 4.79 Å². The average molecular weight is 324 g/mol. The maximum atomic E-state index is 12.6. The van der Waals surface area contributed by atoms with Crippen molar-refractivity contribution >= 4 is 28.9 Å². The smallest absolute Gasteiger partial charge is 0.235 e. The molecule has 1 amide bonds. The van der Waals surface area contributed by atoms with Crippen LogP contribution in [0.4, 0.5) is 23.0 Å². The summed E-state index contributed by atoms with van der Waals surface area (Å²) in [5.74, 6) is 1.47. The van der Waals surface area contributed by atoms with Crippen molar-refractivity contribution in [3.63, 3.8) is 0 Å². The number of rotatable bonds is 2. The van der Waals surface area contributed by atoms with Crippen molar-refractivity contribution in [1.29, 1.82) is 0 Å². The largest absolute Gasteiger partial charge is 0.393 e. The van der Waals surface area contributed by atoms with Crippen LogP contribution in [0.15, 0.2) is 30.6 Å². The third-order valence-corrected chi connectivity index (χ3v) is 5.14. The van der Waals surface area contributed by atoms with Crippen LogP contribution in [0.25, 0.3) is 0 Å². The lowest BCUT2D eigenvalue weighted by molar-refractivity contribution is -0.121. The Balaban J connectivity index is 1.61. The molecule has 2 aromatic rings. The minimum atomic E-state index is -0.430. The lowest BCUT2D eigenvalue weighted by Crippen LogP contribution is -2.47. The molecule has 0 aliphatic carbocycles. The number of carbonyl (C=O) groups excluding carboxylic acids is 1. The molecule has 24 heavy (non-hydrogen) atoms. The SMILES string of the molecule is CNc1ncnc(N2CCC3(CC2)C(=O)Nc2ccccc23)c1N. The zero-order chi connectivity index (χ0) is 16.7. The number of hydrogen-bond acceptors (Lipinski definition) is 6. The van der Waals surface area contributed by atoms with Crippen LogP contribution in [0.1, 0.15) is 18.4 Å². The van der Waals surface area contributed by atoms with Gasteiger partial charge in [-0.15, -0.1) is 0 Å². The van der Waals surface area contributed by atoms with E-state index < -0.39 is 5.41 Å². The van der Waals surface area contributed by atoms with Crippen molar-refractivity contribution in [2.75, 3.05) is 41.4 Å². The fourth-order valence-electron chi connectivity index (χ4n) is 3.81. The molecule has 124 valence electrons. The Labute approximate surface area is 140 Å². The van der Waals surface area contributed by atoms with Crippen LogP contribution in [0.3, 0.4) is 0 Å². The molecule has 1 fully saturated rings. The highest BCUT2D eigenvalue weighted by Crippen LogP contribution is 2.45. The van der Waals surface area contributed by atoms with E-state index in [0.717, 1.165) is 43.0 Å². The lowest BCUT2D eigenvalue weighted by atomic mass is 9.73. The topological polar surface area (TPSA) is 96.2 Å². The summed E-state index contributed by atoms with van der Waals surface area (Å²) in [6, 6.07) is 7.97. The van der Waals surface area contributed by atoms with E-state index >= 15 is 0 Å². The number of fused-ring (bicyclic) bond motifs is 2. The van der Waals surface area contributed by atoms with Crippen LogP contribution in [0.2, 0.25) is 0 Å². The Morgan fingerprint density at radius 3 is 2.75 bits per heavy atom. The predicted molar refractivity (Wildman–Crippen MR) is 94.2 cm³/mol. The fraction of sp³-hybridized carbons (Fsp3) is 0.353. The van der Waals surface area contributed by atoms with E-state index in [0.29, 0.717) is 11.5 Å². The number of piperidine rings is 1. The van der Waals surface area contributed by atoms with Gasteiger partial charge in [0.25, 0.3) is 0 Å². The predicted octanol–water partition coefficient (Wildman–Crippen LogP) is 1.59. The molecule has 0 saturated carbocycles. The number of aromatic nitrogens is 2. The Bertz CT molecular complexity index is 797. The van der Waals surface area contributed by atoms with E-state index in [1.807, 2.05) is 18.2 Å². The highest BCUT2D eigenvalue weighted by Gasteiger charge is 2.48. The van der Waals surface area contributed by atoms with Crippen molar-refractivity contribution in [3.8, 4) is 0 Å². The molecule has 4 N–H and O–H groups in total. The van der Waals surface area contributed by atoms with Crippen LogP contribution in [-0.4, -0.2) is 36.0 Å². The minimum absolute atomic E-state index is 0.106. The molecule has 2 aliphatic heterocycles. The Hall–Kier alpha value is -2.83. The average Bonchev–Trinajstić information content (AvgIpc) is 2.88. The molecule has 1 aromatic heterocycles. The molecule has 4 rings (SSSR count). The quantitative estimate of drug-likeness (QED) is 0.776. The number of nitrogens with two attached hydrogens (primary N) is 1. The van der Waals surface area contributed by atoms with Gasteiger partial charge in [0, 0.05) is 25.8 Å². The monoisotopic (exact) mass is 324 g/mol. The highest BCUT2D eigenvalue weighted by atomic mass is 16.2. The van der Waals surface area contributed by atoms with Gasteiger partial charge in [0.05, 0.1) is 5.41 Å². The molecule has 0 radical (unpaired) electrons. The summed E-state index contributed by atoms with van der Waals surface area (Å²) in [6.07, 6.45) is 3.00. The first-order chi connectivity index (χ1) is 11.7. The first-order valence-electron chi connectivity index (χ1n) is 8.10. The summed E-state index contributed by atoms with van der Waals surface area (Å²) in [7, 11) is 1.79. The Morgan fingerprint density at radius 2 is 2.00 bits per heavy atom. The number of nitrogens with one attached hydrogen (secondary N) is 2. The molecule has 1 spiro atoms. The standard InChI is InChI=1S/C17H20N6O/c1-19-14-13(18)15(21-10-20-14)23-8-6-17(7-9-23)11-4-2-3-5-12(11)22-16(17)24/h2-5,10H,6-9,18H2,1H3,(H,22,24)(H,19,20,21). The normalized spacial score (nSPS) is 18.4. The molecule has 0 bridgehead atoms. The number of amides is 1. The third kappa shape index (κ3) is 2.01. The third-order valence-electron chi connectivity index (χ3n) is 5.14. The molecule has 0 unspecified atom stereocenters. The first kappa shape index (κ1) is 14.7. The molecule has 7 nitrogen and oxygen atoms in total. The van der Waals surface area contributed by atoms with E-state index in [2.05, 4.69) is 31.6 Å². The second kappa shape index (κ2) is 5.36. The van der Waals surface area contributed by atoms with E-state index in [1.165, 1.54) is 6.33 Å². The maximum Gasteiger partial charge on any atom is 0.235 e. The maximum absolute atomic E-state index is 12.6. The van der Waals surface area contributed by atoms with Crippen molar-refractivity contribution in [3.05, 3.63) is 36.2 Å². The van der Waals surface area contributed by atoms with Gasteiger partial charge in [-0.25, -0.2) is 9.97 Å². The zero-order valence-corrected chi connectivity index (χ0v) is 13.5. The van der Waals surface area contributed by atoms with Crippen LogP contribution in [-0.2, 0) is 10.2 Å². The van der Waals surface area contributed by atoms with Gasteiger partial charge in [0.1, 0.15) is 12.0 Å². The minimum Gasteiger partial charge on any atom is -0.393 e. The number of anilines is 4. The second-order valence-corrected chi connectivity index (χ2v) is 6.28. The summed E-state index contributed by atoms with van der Waals surface area (Å²) in [6.45, 7) is 1.46. The van der Waals surface area contributed by atoms with Gasteiger partial charge in [-0.1, -0.05) is 18.2 Å². The number of hydrogen-bond donors (Lipinski definition) is 3. The van der Waals surface area contributed by atoms with Crippen molar-refractivity contribution in [1.82, 2.24) is 9.97 Å². The zero-order valence-electron chi connectivity index (χ0n) is 13.5.